The van der Waals surface area contributed by atoms with Gasteiger partial charge < -0.3 is 16.0 Å². The SMILES string of the molecule is Cl.NC(=O)CN(Cc1ccccc1)C(=O)CCC1CCNC1. The van der Waals surface area contributed by atoms with E-state index in [1.165, 1.54) is 0 Å². The van der Waals surface area contributed by atoms with Crippen molar-refractivity contribution in [2.45, 2.75) is 25.8 Å². The molecule has 0 aromatic heterocycles. The number of hydrogen-bond acceptors (Lipinski definition) is 3. The number of carbonyl (C=O) groups is 2. The number of amides is 2. The molecule has 1 fully saturated rings. The summed E-state index contributed by atoms with van der Waals surface area (Å²) < 4.78 is 0. The van der Waals surface area contributed by atoms with Crippen LogP contribution in [0.4, 0.5) is 0 Å². The van der Waals surface area contributed by atoms with Crippen molar-refractivity contribution >= 4 is 24.2 Å². The van der Waals surface area contributed by atoms with Crippen molar-refractivity contribution in [1.29, 1.82) is 0 Å². The number of carbonyl (C=O) groups excluding carboxylic acids is 2. The monoisotopic (exact) mass is 325 g/mol. The predicted molar refractivity (Wildman–Crippen MR) is 88.5 cm³/mol. The molecule has 122 valence electrons. The van der Waals surface area contributed by atoms with Crippen LogP contribution in [0, 0.1) is 5.92 Å². The van der Waals surface area contributed by atoms with Crippen LogP contribution < -0.4 is 11.1 Å². The van der Waals surface area contributed by atoms with Gasteiger partial charge in [0.25, 0.3) is 0 Å². The number of hydrogen-bond donors (Lipinski definition) is 2. The molecule has 0 aliphatic carbocycles. The van der Waals surface area contributed by atoms with Crippen LogP contribution in [0.2, 0.25) is 0 Å². The molecule has 1 heterocycles. The second-order valence-electron chi connectivity index (χ2n) is 5.60. The van der Waals surface area contributed by atoms with E-state index >= 15 is 0 Å². The first kappa shape index (κ1) is 18.5. The first-order valence-electron chi connectivity index (χ1n) is 7.46. The van der Waals surface area contributed by atoms with E-state index in [9.17, 15) is 9.59 Å². The van der Waals surface area contributed by atoms with Gasteiger partial charge in [0.1, 0.15) is 0 Å². The van der Waals surface area contributed by atoms with Crippen molar-refractivity contribution in [1.82, 2.24) is 10.2 Å². The zero-order chi connectivity index (χ0) is 15.1. The lowest BCUT2D eigenvalue weighted by Gasteiger charge is -2.22. The molecule has 1 atom stereocenters. The number of benzene rings is 1. The van der Waals surface area contributed by atoms with Crippen molar-refractivity contribution in [3.63, 3.8) is 0 Å². The van der Waals surface area contributed by atoms with Gasteiger partial charge in [0, 0.05) is 13.0 Å². The second kappa shape index (κ2) is 9.43. The minimum Gasteiger partial charge on any atom is -0.368 e. The summed E-state index contributed by atoms with van der Waals surface area (Å²) in [7, 11) is 0. The molecule has 3 N–H and O–H groups in total. The van der Waals surface area contributed by atoms with E-state index in [1.54, 1.807) is 4.90 Å². The van der Waals surface area contributed by atoms with Gasteiger partial charge in [0.2, 0.25) is 11.8 Å². The minimum atomic E-state index is -0.471. The molecule has 0 saturated carbocycles. The van der Waals surface area contributed by atoms with Crippen LogP contribution in [0.1, 0.15) is 24.8 Å². The Morgan fingerprint density at radius 1 is 1.27 bits per heavy atom. The summed E-state index contributed by atoms with van der Waals surface area (Å²) in [6, 6.07) is 9.67. The predicted octanol–water partition coefficient (Wildman–Crippen LogP) is 1.31. The Hall–Kier alpha value is -1.59. The highest BCUT2D eigenvalue weighted by molar-refractivity contribution is 5.85. The molecule has 0 bridgehead atoms. The van der Waals surface area contributed by atoms with E-state index in [2.05, 4.69) is 5.32 Å². The largest absolute Gasteiger partial charge is 0.368 e. The van der Waals surface area contributed by atoms with Crippen molar-refractivity contribution in [2.24, 2.45) is 11.7 Å². The van der Waals surface area contributed by atoms with Crippen LogP contribution in [0.25, 0.3) is 0 Å². The van der Waals surface area contributed by atoms with E-state index in [1.807, 2.05) is 30.3 Å². The van der Waals surface area contributed by atoms with Crippen molar-refractivity contribution in [2.75, 3.05) is 19.6 Å². The maximum Gasteiger partial charge on any atom is 0.237 e. The summed E-state index contributed by atoms with van der Waals surface area (Å²) >= 11 is 0. The van der Waals surface area contributed by atoms with Crippen molar-refractivity contribution in [3.8, 4) is 0 Å². The highest BCUT2D eigenvalue weighted by atomic mass is 35.5. The molecule has 22 heavy (non-hydrogen) atoms. The number of nitrogens with one attached hydrogen (secondary N) is 1. The molecule has 0 spiro atoms. The van der Waals surface area contributed by atoms with Gasteiger partial charge in [0.05, 0.1) is 6.54 Å². The average molecular weight is 326 g/mol. The number of nitrogens with two attached hydrogens (primary N) is 1. The topological polar surface area (TPSA) is 75.4 Å². The summed E-state index contributed by atoms with van der Waals surface area (Å²) in [5.41, 5.74) is 6.27. The summed E-state index contributed by atoms with van der Waals surface area (Å²) in [5.74, 6) is 0.104. The highest BCUT2D eigenvalue weighted by Gasteiger charge is 2.20. The first-order chi connectivity index (χ1) is 10.1. The van der Waals surface area contributed by atoms with E-state index in [4.69, 9.17) is 5.73 Å². The van der Waals surface area contributed by atoms with Crippen molar-refractivity contribution in [3.05, 3.63) is 35.9 Å². The van der Waals surface area contributed by atoms with Gasteiger partial charge in [-0.1, -0.05) is 30.3 Å². The van der Waals surface area contributed by atoms with Gasteiger partial charge in [-0.25, -0.2) is 0 Å². The Morgan fingerprint density at radius 2 is 2.00 bits per heavy atom. The molecule has 2 amide bonds. The average Bonchev–Trinajstić information content (AvgIpc) is 2.98. The van der Waals surface area contributed by atoms with Crippen LogP contribution in [-0.4, -0.2) is 36.3 Å². The normalized spacial score (nSPS) is 16.8. The second-order valence-corrected chi connectivity index (χ2v) is 5.60. The Morgan fingerprint density at radius 3 is 2.59 bits per heavy atom. The lowest BCUT2D eigenvalue weighted by atomic mass is 10.0. The number of halogens is 1. The lowest BCUT2D eigenvalue weighted by molar-refractivity contribution is -0.136. The standard InChI is InChI=1S/C16H23N3O2.ClH/c17-15(20)12-19(11-14-4-2-1-3-5-14)16(21)7-6-13-8-9-18-10-13;/h1-5,13,18H,6-12H2,(H2,17,20);1H. The Labute approximate surface area is 137 Å². The Balaban J connectivity index is 0.00000242. The molecular formula is C16H24ClN3O2. The molecular weight excluding hydrogens is 302 g/mol. The van der Waals surface area contributed by atoms with Gasteiger partial charge in [-0.15, -0.1) is 12.4 Å². The first-order valence-corrected chi connectivity index (χ1v) is 7.46. The third-order valence-corrected chi connectivity index (χ3v) is 3.84. The third-order valence-electron chi connectivity index (χ3n) is 3.84. The third kappa shape index (κ3) is 6.03. The molecule has 1 aliphatic rings. The van der Waals surface area contributed by atoms with Gasteiger partial charge in [0.15, 0.2) is 0 Å². The molecule has 6 heteroatoms. The molecule has 2 rings (SSSR count). The summed E-state index contributed by atoms with van der Waals surface area (Å²) in [6.07, 6.45) is 2.48. The maximum atomic E-state index is 12.3. The van der Waals surface area contributed by atoms with Gasteiger partial charge in [-0.05, 0) is 37.4 Å². The number of rotatable bonds is 7. The van der Waals surface area contributed by atoms with Crippen LogP contribution in [0.3, 0.4) is 0 Å². The van der Waals surface area contributed by atoms with E-state index in [-0.39, 0.29) is 24.9 Å². The Kier molecular flexibility index (Phi) is 7.91. The fourth-order valence-corrected chi connectivity index (χ4v) is 2.67. The fraction of sp³-hybridized carbons (Fsp3) is 0.500. The molecule has 1 aromatic carbocycles. The zero-order valence-corrected chi connectivity index (χ0v) is 13.5. The quantitative estimate of drug-likeness (QED) is 0.793. The molecule has 1 aliphatic heterocycles. The van der Waals surface area contributed by atoms with E-state index < -0.39 is 5.91 Å². The van der Waals surface area contributed by atoms with Gasteiger partial charge >= 0.3 is 0 Å². The number of nitrogens with zero attached hydrogens (tertiary/aromatic N) is 1. The van der Waals surface area contributed by atoms with Crippen molar-refractivity contribution < 1.29 is 9.59 Å². The molecule has 5 nitrogen and oxygen atoms in total. The molecule has 0 radical (unpaired) electrons. The number of primary amides is 1. The van der Waals surface area contributed by atoms with Gasteiger partial charge in [-0.3, -0.25) is 9.59 Å². The molecule has 1 unspecified atom stereocenters. The fourth-order valence-electron chi connectivity index (χ4n) is 2.67. The van der Waals surface area contributed by atoms with Gasteiger partial charge in [-0.2, -0.15) is 0 Å². The summed E-state index contributed by atoms with van der Waals surface area (Å²) in [6.45, 7) is 2.44. The summed E-state index contributed by atoms with van der Waals surface area (Å²) in [4.78, 5) is 25.1. The minimum absolute atomic E-state index is 0. The van der Waals surface area contributed by atoms with Crippen LogP contribution in [-0.2, 0) is 16.1 Å². The van der Waals surface area contributed by atoms with Crippen LogP contribution in [0.5, 0.6) is 0 Å². The molecule has 1 aromatic rings. The lowest BCUT2D eigenvalue weighted by Crippen LogP contribution is -2.38. The maximum absolute atomic E-state index is 12.3. The summed E-state index contributed by atoms with van der Waals surface area (Å²) in [5, 5.41) is 3.30. The van der Waals surface area contributed by atoms with E-state index in [0.717, 1.165) is 31.5 Å². The highest BCUT2D eigenvalue weighted by Crippen LogP contribution is 2.16. The zero-order valence-electron chi connectivity index (χ0n) is 12.7. The van der Waals surface area contributed by atoms with E-state index in [0.29, 0.717) is 18.9 Å². The van der Waals surface area contributed by atoms with Crippen LogP contribution >= 0.6 is 12.4 Å². The molecule has 1 saturated heterocycles. The smallest absolute Gasteiger partial charge is 0.237 e. The van der Waals surface area contributed by atoms with Crippen LogP contribution in [0.15, 0.2) is 30.3 Å². The Bertz CT molecular complexity index is 476.